The molecule has 0 spiro atoms. The summed E-state index contributed by atoms with van der Waals surface area (Å²) in [5, 5.41) is 6.65. The molecule has 0 amide bonds. The van der Waals surface area contributed by atoms with E-state index in [1.165, 1.54) is 6.07 Å². The third-order valence-corrected chi connectivity index (χ3v) is 5.21. The lowest BCUT2D eigenvalue weighted by Crippen LogP contribution is -2.51. The maximum absolute atomic E-state index is 13.9. The summed E-state index contributed by atoms with van der Waals surface area (Å²) in [6.45, 7) is 7.67. The second kappa shape index (κ2) is 12.9. The SMILES string of the molecule is CCNC(=NCC1CN(C)CCN1C)NCCCc1ccc(Br)cc1F.I. The Balaban J connectivity index is 0.00000364. The molecule has 1 saturated heterocycles. The van der Waals surface area contributed by atoms with Crippen molar-refractivity contribution in [3.05, 3.63) is 34.1 Å². The predicted octanol–water partition coefficient (Wildman–Crippen LogP) is 2.94. The number of benzene rings is 1. The van der Waals surface area contributed by atoms with Crippen molar-refractivity contribution in [1.82, 2.24) is 20.4 Å². The third-order valence-electron chi connectivity index (χ3n) is 4.72. The Hall–Kier alpha value is -0.450. The van der Waals surface area contributed by atoms with Gasteiger partial charge in [-0.1, -0.05) is 22.0 Å². The third kappa shape index (κ3) is 8.62. The molecule has 1 heterocycles. The zero-order valence-electron chi connectivity index (χ0n) is 16.5. The van der Waals surface area contributed by atoms with Crippen molar-refractivity contribution in [2.75, 3.05) is 53.4 Å². The monoisotopic (exact) mass is 555 g/mol. The number of piperazine rings is 1. The van der Waals surface area contributed by atoms with Crippen LogP contribution in [-0.2, 0) is 6.42 Å². The van der Waals surface area contributed by atoms with Crippen LogP contribution in [0.5, 0.6) is 0 Å². The van der Waals surface area contributed by atoms with Crippen molar-refractivity contribution in [1.29, 1.82) is 0 Å². The summed E-state index contributed by atoms with van der Waals surface area (Å²) < 4.78 is 14.6. The summed E-state index contributed by atoms with van der Waals surface area (Å²) >= 11 is 3.29. The molecule has 8 heteroatoms. The van der Waals surface area contributed by atoms with Gasteiger partial charge in [-0.05, 0) is 51.6 Å². The first-order chi connectivity index (χ1) is 12.5. The van der Waals surface area contributed by atoms with Crippen LogP contribution in [0.4, 0.5) is 4.39 Å². The highest BCUT2D eigenvalue weighted by Crippen LogP contribution is 2.16. The van der Waals surface area contributed by atoms with Crippen LogP contribution in [0, 0.1) is 5.82 Å². The van der Waals surface area contributed by atoms with Crippen LogP contribution in [0.15, 0.2) is 27.7 Å². The lowest BCUT2D eigenvalue weighted by molar-refractivity contribution is 0.119. The summed E-state index contributed by atoms with van der Waals surface area (Å²) in [6, 6.07) is 5.69. The highest BCUT2D eigenvalue weighted by molar-refractivity contribution is 14.0. The van der Waals surface area contributed by atoms with Crippen LogP contribution < -0.4 is 10.6 Å². The van der Waals surface area contributed by atoms with Crippen LogP contribution in [0.25, 0.3) is 0 Å². The quantitative estimate of drug-likeness (QED) is 0.235. The molecular weight excluding hydrogens is 524 g/mol. The van der Waals surface area contributed by atoms with Gasteiger partial charge < -0.3 is 15.5 Å². The highest BCUT2D eigenvalue weighted by Gasteiger charge is 2.21. The van der Waals surface area contributed by atoms with E-state index in [1.807, 2.05) is 12.1 Å². The molecule has 0 aliphatic carbocycles. The molecule has 1 aromatic rings. The Morgan fingerprint density at radius 3 is 2.78 bits per heavy atom. The number of aliphatic imine (C=N–C) groups is 1. The zero-order chi connectivity index (χ0) is 18.9. The first kappa shape index (κ1) is 24.6. The van der Waals surface area contributed by atoms with Crippen molar-refractivity contribution in [2.24, 2.45) is 4.99 Å². The summed E-state index contributed by atoms with van der Waals surface area (Å²) in [5.41, 5.74) is 0.754. The van der Waals surface area contributed by atoms with E-state index >= 15 is 0 Å². The van der Waals surface area contributed by atoms with Crippen molar-refractivity contribution < 1.29 is 4.39 Å². The molecule has 0 radical (unpaired) electrons. The Kier molecular flexibility index (Phi) is 11.7. The lowest BCUT2D eigenvalue weighted by atomic mass is 10.1. The van der Waals surface area contributed by atoms with Gasteiger partial charge >= 0.3 is 0 Å². The number of hydrogen-bond acceptors (Lipinski definition) is 3. The van der Waals surface area contributed by atoms with Gasteiger partial charge in [0.1, 0.15) is 5.82 Å². The summed E-state index contributed by atoms with van der Waals surface area (Å²) in [7, 11) is 4.33. The molecular formula is C19H32BrFIN5. The van der Waals surface area contributed by atoms with E-state index in [9.17, 15) is 4.39 Å². The fraction of sp³-hybridized carbons (Fsp3) is 0.632. The van der Waals surface area contributed by atoms with Gasteiger partial charge in [0.25, 0.3) is 0 Å². The lowest BCUT2D eigenvalue weighted by Gasteiger charge is -2.36. The number of aryl methyl sites for hydroxylation is 1. The topological polar surface area (TPSA) is 42.9 Å². The van der Waals surface area contributed by atoms with Crippen LogP contribution in [0.3, 0.4) is 0 Å². The van der Waals surface area contributed by atoms with E-state index in [-0.39, 0.29) is 29.8 Å². The fourth-order valence-electron chi connectivity index (χ4n) is 3.05. The molecule has 27 heavy (non-hydrogen) atoms. The van der Waals surface area contributed by atoms with E-state index in [0.29, 0.717) is 12.5 Å². The number of nitrogens with zero attached hydrogens (tertiary/aromatic N) is 3. The van der Waals surface area contributed by atoms with Gasteiger partial charge in [-0.3, -0.25) is 9.89 Å². The standard InChI is InChI=1S/C19H31BrFN5.HI/c1-4-22-19(24-13-17-14-25(2)10-11-26(17)3)23-9-5-6-15-7-8-16(20)12-18(15)21;/h7-8,12,17H,4-6,9-11,13-14H2,1-3H3,(H2,22,23,24);1H. The first-order valence-electron chi connectivity index (χ1n) is 9.34. The number of hydrogen-bond donors (Lipinski definition) is 2. The fourth-order valence-corrected chi connectivity index (χ4v) is 3.38. The second-order valence-corrected chi connectivity index (χ2v) is 7.80. The average molecular weight is 556 g/mol. The van der Waals surface area contributed by atoms with Gasteiger partial charge in [-0.2, -0.15) is 0 Å². The molecule has 0 bridgehead atoms. The zero-order valence-corrected chi connectivity index (χ0v) is 20.4. The van der Waals surface area contributed by atoms with Crippen LogP contribution in [0.1, 0.15) is 18.9 Å². The molecule has 0 aromatic heterocycles. The predicted molar refractivity (Wildman–Crippen MR) is 126 cm³/mol. The molecule has 2 N–H and O–H groups in total. The van der Waals surface area contributed by atoms with Crippen molar-refractivity contribution in [3.8, 4) is 0 Å². The minimum atomic E-state index is -0.149. The van der Waals surface area contributed by atoms with Crippen LogP contribution >= 0.6 is 39.9 Å². The number of nitrogens with one attached hydrogen (secondary N) is 2. The maximum Gasteiger partial charge on any atom is 0.191 e. The molecule has 1 unspecified atom stereocenters. The van der Waals surface area contributed by atoms with E-state index in [2.05, 4.69) is 57.4 Å². The molecule has 1 aliphatic rings. The number of guanidine groups is 1. The Bertz CT molecular complexity index is 601. The Labute approximate surface area is 188 Å². The molecule has 1 aromatic carbocycles. The summed E-state index contributed by atoms with van der Waals surface area (Å²) in [6.07, 6.45) is 1.57. The molecule has 2 rings (SSSR count). The number of halogens is 3. The summed E-state index contributed by atoms with van der Waals surface area (Å²) in [5.74, 6) is 0.690. The molecule has 5 nitrogen and oxygen atoms in total. The highest BCUT2D eigenvalue weighted by atomic mass is 127. The van der Waals surface area contributed by atoms with Gasteiger partial charge in [-0.15, -0.1) is 24.0 Å². The van der Waals surface area contributed by atoms with Crippen molar-refractivity contribution in [3.63, 3.8) is 0 Å². The molecule has 0 saturated carbocycles. The maximum atomic E-state index is 13.9. The average Bonchev–Trinajstić information content (AvgIpc) is 2.60. The number of rotatable bonds is 7. The van der Waals surface area contributed by atoms with Gasteiger partial charge in [0.15, 0.2) is 5.96 Å². The van der Waals surface area contributed by atoms with E-state index in [1.54, 1.807) is 0 Å². The summed E-state index contributed by atoms with van der Waals surface area (Å²) in [4.78, 5) is 9.47. The van der Waals surface area contributed by atoms with Gasteiger partial charge in [0.05, 0.1) is 6.54 Å². The normalized spacial score (nSPS) is 18.9. The van der Waals surface area contributed by atoms with Crippen molar-refractivity contribution >= 4 is 45.9 Å². The minimum Gasteiger partial charge on any atom is -0.357 e. The minimum absolute atomic E-state index is 0. The Morgan fingerprint density at radius 2 is 2.07 bits per heavy atom. The van der Waals surface area contributed by atoms with E-state index in [0.717, 1.165) is 61.7 Å². The molecule has 1 aliphatic heterocycles. The van der Waals surface area contributed by atoms with Gasteiger partial charge in [0.2, 0.25) is 0 Å². The van der Waals surface area contributed by atoms with Crippen LogP contribution in [0.2, 0.25) is 0 Å². The first-order valence-corrected chi connectivity index (χ1v) is 10.1. The molecule has 1 fully saturated rings. The molecule has 154 valence electrons. The second-order valence-electron chi connectivity index (χ2n) is 6.88. The smallest absolute Gasteiger partial charge is 0.191 e. The molecule has 1 atom stereocenters. The van der Waals surface area contributed by atoms with Crippen molar-refractivity contribution in [2.45, 2.75) is 25.8 Å². The van der Waals surface area contributed by atoms with E-state index < -0.39 is 0 Å². The van der Waals surface area contributed by atoms with Crippen LogP contribution in [-0.4, -0.2) is 75.2 Å². The van der Waals surface area contributed by atoms with Gasteiger partial charge in [0, 0.05) is 43.2 Å². The van der Waals surface area contributed by atoms with Gasteiger partial charge in [-0.25, -0.2) is 4.39 Å². The van der Waals surface area contributed by atoms with E-state index in [4.69, 9.17) is 4.99 Å². The number of likely N-dealkylation sites (N-methyl/N-ethyl adjacent to an activating group) is 2. The Morgan fingerprint density at radius 1 is 1.30 bits per heavy atom. The largest absolute Gasteiger partial charge is 0.357 e.